The maximum atomic E-state index is 12.6. The molecule has 1 aliphatic heterocycles. The summed E-state index contributed by atoms with van der Waals surface area (Å²) in [5.41, 5.74) is 1.49. The average Bonchev–Trinajstić information content (AvgIpc) is 3.27. The number of para-hydroxylation sites is 1. The van der Waals surface area contributed by atoms with Gasteiger partial charge in [-0.1, -0.05) is 41.4 Å². The molecule has 9 heteroatoms. The van der Waals surface area contributed by atoms with E-state index in [1.807, 2.05) is 35.2 Å². The first-order valence-electron chi connectivity index (χ1n) is 10.7. The lowest BCUT2D eigenvalue weighted by Crippen LogP contribution is -2.50. The number of carbonyl (C=O) groups is 2. The number of aromatic nitrogens is 1. The van der Waals surface area contributed by atoms with Crippen molar-refractivity contribution in [3.8, 4) is 11.3 Å². The van der Waals surface area contributed by atoms with Gasteiger partial charge in [0.25, 0.3) is 0 Å². The standard InChI is InChI=1S/C24H24Cl2N4O3/c25-17-6-7-19(20(26)14-17)21-15-27-23(33-21)8-9-24(32)30-12-10-29(11-13-30)16-22(31)28-18-4-2-1-3-5-18/h1-7,14-15H,8-13,16H2,(H,28,31). The maximum Gasteiger partial charge on any atom is 0.238 e. The topological polar surface area (TPSA) is 78.7 Å². The summed E-state index contributed by atoms with van der Waals surface area (Å²) in [5.74, 6) is 1.02. The van der Waals surface area contributed by atoms with Gasteiger partial charge in [0.05, 0.1) is 17.8 Å². The number of benzene rings is 2. The van der Waals surface area contributed by atoms with Crippen LogP contribution in [0.1, 0.15) is 12.3 Å². The number of amides is 2. The number of nitrogens with zero attached hydrogens (tertiary/aromatic N) is 3. The van der Waals surface area contributed by atoms with Crippen molar-refractivity contribution in [2.45, 2.75) is 12.8 Å². The number of nitrogens with one attached hydrogen (secondary N) is 1. The largest absolute Gasteiger partial charge is 0.441 e. The van der Waals surface area contributed by atoms with Crippen molar-refractivity contribution in [2.24, 2.45) is 0 Å². The van der Waals surface area contributed by atoms with Gasteiger partial charge in [-0.05, 0) is 30.3 Å². The molecule has 0 atom stereocenters. The van der Waals surface area contributed by atoms with E-state index in [-0.39, 0.29) is 11.8 Å². The number of piperazine rings is 1. The van der Waals surface area contributed by atoms with Gasteiger partial charge in [-0.2, -0.15) is 0 Å². The van der Waals surface area contributed by atoms with Crippen molar-refractivity contribution in [3.05, 3.63) is 70.7 Å². The van der Waals surface area contributed by atoms with Crippen LogP contribution in [-0.4, -0.2) is 59.3 Å². The normalized spacial score (nSPS) is 14.3. The van der Waals surface area contributed by atoms with Crippen LogP contribution in [0.4, 0.5) is 5.69 Å². The molecular weight excluding hydrogens is 463 g/mol. The molecule has 3 aromatic rings. The molecule has 2 heterocycles. The van der Waals surface area contributed by atoms with E-state index in [4.69, 9.17) is 27.6 Å². The monoisotopic (exact) mass is 486 g/mol. The number of anilines is 1. The Morgan fingerprint density at radius 2 is 1.79 bits per heavy atom. The molecule has 4 rings (SSSR count). The van der Waals surface area contributed by atoms with Crippen LogP contribution in [0.3, 0.4) is 0 Å². The van der Waals surface area contributed by atoms with E-state index < -0.39 is 0 Å². The van der Waals surface area contributed by atoms with Gasteiger partial charge in [0, 0.05) is 55.3 Å². The van der Waals surface area contributed by atoms with Gasteiger partial charge in [0.2, 0.25) is 11.8 Å². The number of hydrogen-bond acceptors (Lipinski definition) is 5. The fourth-order valence-electron chi connectivity index (χ4n) is 3.69. The molecule has 1 N–H and O–H groups in total. The van der Waals surface area contributed by atoms with Crippen molar-refractivity contribution in [3.63, 3.8) is 0 Å². The van der Waals surface area contributed by atoms with Crippen molar-refractivity contribution in [2.75, 3.05) is 38.0 Å². The fourth-order valence-corrected chi connectivity index (χ4v) is 4.19. The summed E-state index contributed by atoms with van der Waals surface area (Å²) in [6, 6.07) is 14.5. The van der Waals surface area contributed by atoms with Gasteiger partial charge in [0.15, 0.2) is 11.7 Å². The highest BCUT2D eigenvalue weighted by molar-refractivity contribution is 6.36. The van der Waals surface area contributed by atoms with Crippen molar-refractivity contribution in [1.82, 2.24) is 14.8 Å². The molecule has 33 heavy (non-hydrogen) atoms. The van der Waals surface area contributed by atoms with E-state index >= 15 is 0 Å². The summed E-state index contributed by atoms with van der Waals surface area (Å²) in [5, 5.41) is 3.92. The molecular formula is C24H24Cl2N4O3. The molecule has 0 spiro atoms. The fraction of sp³-hybridized carbons (Fsp3) is 0.292. The van der Waals surface area contributed by atoms with E-state index in [1.54, 1.807) is 24.4 Å². The number of aryl methyl sites for hydroxylation is 1. The van der Waals surface area contributed by atoms with Crippen LogP contribution >= 0.6 is 23.2 Å². The molecule has 1 fully saturated rings. The van der Waals surface area contributed by atoms with Gasteiger partial charge < -0.3 is 14.6 Å². The Kier molecular flexibility index (Phi) is 7.65. The lowest BCUT2D eigenvalue weighted by molar-refractivity contribution is -0.133. The third-order valence-electron chi connectivity index (χ3n) is 5.45. The van der Waals surface area contributed by atoms with Gasteiger partial charge in [-0.15, -0.1) is 0 Å². The Morgan fingerprint density at radius 3 is 2.52 bits per heavy atom. The summed E-state index contributed by atoms with van der Waals surface area (Å²) in [4.78, 5) is 33.0. The highest BCUT2D eigenvalue weighted by atomic mass is 35.5. The van der Waals surface area contributed by atoms with Crippen LogP contribution in [0.2, 0.25) is 10.0 Å². The van der Waals surface area contributed by atoms with Crippen LogP contribution in [0.5, 0.6) is 0 Å². The average molecular weight is 487 g/mol. The Hall–Kier alpha value is -2.87. The first kappa shape index (κ1) is 23.3. The number of halogens is 2. The number of carbonyl (C=O) groups excluding carboxylic acids is 2. The molecule has 0 bridgehead atoms. The summed E-state index contributed by atoms with van der Waals surface area (Å²) in [7, 11) is 0. The van der Waals surface area contributed by atoms with E-state index in [0.29, 0.717) is 72.8 Å². The smallest absolute Gasteiger partial charge is 0.238 e. The first-order chi connectivity index (χ1) is 16.0. The number of rotatable bonds is 7. The summed E-state index contributed by atoms with van der Waals surface area (Å²) in [6.07, 6.45) is 2.32. The summed E-state index contributed by atoms with van der Waals surface area (Å²) < 4.78 is 5.78. The van der Waals surface area contributed by atoms with Crippen LogP contribution in [0.25, 0.3) is 11.3 Å². The zero-order chi connectivity index (χ0) is 23.2. The number of hydrogen-bond donors (Lipinski definition) is 1. The van der Waals surface area contributed by atoms with Gasteiger partial charge in [0.1, 0.15) is 0 Å². The molecule has 0 saturated carbocycles. The molecule has 1 aromatic heterocycles. The lowest BCUT2D eigenvalue weighted by Gasteiger charge is -2.34. The van der Waals surface area contributed by atoms with E-state index in [1.165, 1.54) is 0 Å². The molecule has 0 radical (unpaired) electrons. The maximum absolute atomic E-state index is 12.6. The second-order valence-electron chi connectivity index (χ2n) is 7.81. The van der Waals surface area contributed by atoms with Gasteiger partial charge in [-0.3, -0.25) is 14.5 Å². The summed E-state index contributed by atoms with van der Waals surface area (Å²) in [6.45, 7) is 2.81. The zero-order valence-corrected chi connectivity index (χ0v) is 19.5. The predicted octanol–water partition coefficient (Wildman–Crippen LogP) is 4.36. The Morgan fingerprint density at radius 1 is 1.03 bits per heavy atom. The Balaban J connectivity index is 1.21. The third kappa shape index (κ3) is 6.35. The second kappa shape index (κ2) is 10.8. The molecule has 1 saturated heterocycles. The van der Waals surface area contributed by atoms with Crippen molar-refractivity contribution < 1.29 is 14.0 Å². The lowest BCUT2D eigenvalue weighted by atomic mass is 10.2. The minimum Gasteiger partial charge on any atom is -0.441 e. The highest BCUT2D eigenvalue weighted by Crippen LogP contribution is 2.30. The SMILES string of the molecule is O=C(CN1CCN(C(=O)CCc2ncc(-c3ccc(Cl)cc3Cl)o2)CC1)Nc1ccccc1. The molecule has 0 unspecified atom stereocenters. The van der Waals surface area contributed by atoms with Gasteiger partial charge >= 0.3 is 0 Å². The van der Waals surface area contributed by atoms with Crippen molar-refractivity contribution in [1.29, 1.82) is 0 Å². The third-order valence-corrected chi connectivity index (χ3v) is 6.00. The van der Waals surface area contributed by atoms with Crippen LogP contribution in [0, 0.1) is 0 Å². The molecule has 7 nitrogen and oxygen atoms in total. The first-order valence-corrected chi connectivity index (χ1v) is 11.5. The van der Waals surface area contributed by atoms with Crippen molar-refractivity contribution >= 4 is 40.7 Å². The molecule has 1 aliphatic rings. The van der Waals surface area contributed by atoms with E-state index in [9.17, 15) is 9.59 Å². The molecule has 2 amide bonds. The minimum atomic E-state index is -0.0542. The molecule has 2 aromatic carbocycles. The second-order valence-corrected chi connectivity index (χ2v) is 8.66. The molecule has 0 aliphatic carbocycles. The Bertz CT molecular complexity index is 1110. The summed E-state index contributed by atoms with van der Waals surface area (Å²) >= 11 is 12.2. The van der Waals surface area contributed by atoms with E-state index in [0.717, 1.165) is 5.69 Å². The predicted molar refractivity (Wildman–Crippen MR) is 128 cm³/mol. The highest BCUT2D eigenvalue weighted by Gasteiger charge is 2.23. The van der Waals surface area contributed by atoms with Gasteiger partial charge in [-0.25, -0.2) is 4.98 Å². The van der Waals surface area contributed by atoms with Crippen LogP contribution in [-0.2, 0) is 16.0 Å². The minimum absolute atomic E-state index is 0.0488. The van der Waals surface area contributed by atoms with E-state index in [2.05, 4.69) is 15.2 Å². The Labute approximate surface area is 202 Å². The molecule has 172 valence electrons. The van der Waals surface area contributed by atoms with Crippen LogP contribution in [0.15, 0.2) is 59.1 Å². The van der Waals surface area contributed by atoms with Crippen LogP contribution < -0.4 is 5.32 Å². The number of oxazole rings is 1. The zero-order valence-electron chi connectivity index (χ0n) is 18.0. The quantitative estimate of drug-likeness (QED) is 0.536.